The molecule has 0 radical (unpaired) electrons. The summed E-state index contributed by atoms with van der Waals surface area (Å²) in [6, 6.07) is 3.62. The second-order valence-electron chi connectivity index (χ2n) is 3.56. The number of ether oxygens (including phenoxy) is 2. The summed E-state index contributed by atoms with van der Waals surface area (Å²) < 4.78 is 10.6. The summed E-state index contributed by atoms with van der Waals surface area (Å²) in [5, 5.41) is 1.87. The lowest BCUT2D eigenvalue weighted by molar-refractivity contribution is -0.0298. The van der Waals surface area contributed by atoms with E-state index in [2.05, 4.69) is 0 Å². The van der Waals surface area contributed by atoms with Gasteiger partial charge in [-0.2, -0.15) is 0 Å². The summed E-state index contributed by atoms with van der Waals surface area (Å²) >= 11 is 1.40. The van der Waals surface area contributed by atoms with Gasteiger partial charge >= 0.3 is 5.97 Å². The maximum absolute atomic E-state index is 11.5. The van der Waals surface area contributed by atoms with Gasteiger partial charge in [0.25, 0.3) is 0 Å². The number of thiophene rings is 1. The van der Waals surface area contributed by atoms with Crippen molar-refractivity contribution >= 4 is 17.3 Å². The van der Waals surface area contributed by atoms with Crippen molar-refractivity contribution in [3.63, 3.8) is 0 Å². The lowest BCUT2D eigenvalue weighted by Crippen LogP contribution is -2.25. The first-order chi connectivity index (χ1) is 7.36. The van der Waals surface area contributed by atoms with Crippen molar-refractivity contribution in [2.75, 3.05) is 13.2 Å². The first kappa shape index (κ1) is 10.6. The van der Waals surface area contributed by atoms with E-state index in [1.54, 1.807) is 6.07 Å². The van der Waals surface area contributed by atoms with Gasteiger partial charge in [0, 0.05) is 6.61 Å². The molecule has 0 N–H and O–H groups in total. The zero-order valence-electron chi connectivity index (χ0n) is 8.48. The SMILES string of the molecule is O=C(OCC1CCCCO1)c1cccs1. The standard InChI is InChI=1S/C11H14O3S/c12-11(10-5-3-7-15-10)14-8-9-4-1-2-6-13-9/h3,5,7,9H,1-2,4,6,8H2. The van der Waals surface area contributed by atoms with E-state index < -0.39 is 0 Å². The van der Waals surface area contributed by atoms with Crippen molar-refractivity contribution in [2.24, 2.45) is 0 Å². The third kappa shape index (κ3) is 3.04. The van der Waals surface area contributed by atoms with E-state index >= 15 is 0 Å². The molecule has 1 fully saturated rings. The van der Waals surface area contributed by atoms with E-state index in [0.717, 1.165) is 19.4 Å². The van der Waals surface area contributed by atoms with Gasteiger partial charge < -0.3 is 9.47 Å². The van der Waals surface area contributed by atoms with E-state index in [1.165, 1.54) is 17.8 Å². The Morgan fingerprint density at radius 2 is 2.53 bits per heavy atom. The minimum atomic E-state index is -0.237. The van der Waals surface area contributed by atoms with E-state index in [-0.39, 0.29) is 12.1 Å². The molecule has 1 atom stereocenters. The Balaban J connectivity index is 1.75. The molecule has 0 aromatic carbocycles. The minimum absolute atomic E-state index is 0.0997. The molecule has 0 spiro atoms. The van der Waals surface area contributed by atoms with Crippen LogP contribution in [0.25, 0.3) is 0 Å². The lowest BCUT2D eigenvalue weighted by atomic mass is 10.1. The number of rotatable bonds is 3. The van der Waals surface area contributed by atoms with Gasteiger partial charge in [-0.25, -0.2) is 4.79 Å². The molecule has 1 aliphatic rings. The minimum Gasteiger partial charge on any atom is -0.459 e. The fourth-order valence-electron chi connectivity index (χ4n) is 1.57. The average molecular weight is 226 g/mol. The van der Waals surface area contributed by atoms with Gasteiger partial charge in [-0.3, -0.25) is 0 Å². The molecule has 0 amide bonds. The van der Waals surface area contributed by atoms with Gasteiger partial charge in [0.15, 0.2) is 0 Å². The highest BCUT2D eigenvalue weighted by Gasteiger charge is 2.16. The molecule has 0 aliphatic carbocycles. The van der Waals surface area contributed by atoms with Gasteiger partial charge in [0.2, 0.25) is 0 Å². The normalized spacial score (nSPS) is 21.2. The van der Waals surface area contributed by atoms with Crippen molar-refractivity contribution in [3.8, 4) is 0 Å². The molecule has 82 valence electrons. The highest BCUT2D eigenvalue weighted by molar-refractivity contribution is 7.11. The van der Waals surface area contributed by atoms with Crippen molar-refractivity contribution in [2.45, 2.75) is 25.4 Å². The number of hydrogen-bond donors (Lipinski definition) is 0. The molecular weight excluding hydrogens is 212 g/mol. The Labute approximate surface area is 93.0 Å². The largest absolute Gasteiger partial charge is 0.459 e. The van der Waals surface area contributed by atoms with Crippen LogP contribution < -0.4 is 0 Å². The van der Waals surface area contributed by atoms with Crippen LogP contribution in [0.15, 0.2) is 17.5 Å². The molecular formula is C11H14O3S. The number of esters is 1. The predicted molar refractivity (Wildman–Crippen MR) is 58.2 cm³/mol. The van der Waals surface area contributed by atoms with Crippen LogP contribution >= 0.6 is 11.3 Å². The summed E-state index contributed by atoms with van der Waals surface area (Å²) in [4.78, 5) is 12.1. The van der Waals surface area contributed by atoms with Crippen LogP contribution in [0, 0.1) is 0 Å². The van der Waals surface area contributed by atoms with Crippen LogP contribution in [-0.2, 0) is 9.47 Å². The summed E-state index contributed by atoms with van der Waals surface area (Å²) in [5.74, 6) is -0.237. The van der Waals surface area contributed by atoms with Crippen molar-refractivity contribution < 1.29 is 14.3 Å². The smallest absolute Gasteiger partial charge is 0.348 e. The molecule has 3 nitrogen and oxygen atoms in total. The molecule has 1 aromatic heterocycles. The van der Waals surface area contributed by atoms with Gasteiger partial charge in [-0.15, -0.1) is 11.3 Å². The molecule has 1 aromatic rings. The molecule has 1 unspecified atom stereocenters. The van der Waals surface area contributed by atoms with Crippen molar-refractivity contribution in [3.05, 3.63) is 22.4 Å². The molecule has 2 heterocycles. The Kier molecular flexibility index (Phi) is 3.75. The molecule has 4 heteroatoms. The quantitative estimate of drug-likeness (QED) is 0.743. The van der Waals surface area contributed by atoms with Crippen molar-refractivity contribution in [1.82, 2.24) is 0 Å². The maximum Gasteiger partial charge on any atom is 0.348 e. The molecule has 2 rings (SSSR count). The second kappa shape index (κ2) is 5.28. The zero-order chi connectivity index (χ0) is 10.5. The number of carbonyl (C=O) groups is 1. The lowest BCUT2D eigenvalue weighted by Gasteiger charge is -2.21. The summed E-state index contributed by atoms with van der Waals surface area (Å²) in [6.45, 7) is 1.18. The molecule has 15 heavy (non-hydrogen) atoms. The fraction of sp³-hybridized carbons (Fsp3) is 0.545. The topological polar surface area (TPSA) is 35.5 Å². The Morgan fingerprint density at radius 3 is 3.20 bits per heavy atom. The first-order valence-corrected chi connectivity index (χ1v) is 6.06. The summed E-state index contributed by atoms with van der Waals surface area (Å²) in [7, 11) is 0. The zero-order valence-corrected chi connectivity index (χ0v) is 9.29. The van der Waals surface area contributed by atoms with Gasteiger partial charge in [0.05, 0.1) is 6.10 Å². The highest BCUT2D eigenvalue weighted by Crippen LogP contribution is 2.15. The third-order valence-electron chi connectivity index (χ3n) is 2.40. The van der Waals surface area contributed by atoms with Crippen LogP contribution in [0.5, 0.6) is 0 Å². The van der Waals surface area contributed by atoms with Crippen LogP contribution in [-0.4, -0.2) is 25.3 Å². The second-order valence-corrected chi connectivity index (χ2v) is 4.51. The summed E-state index contributed by atoms with van der Waals surface area (Å²) in [5.41, 5.74) is 0. The summed E-state index contributed by atoms with van der Waals surface area (Å²) in [6.07, 6.45) is 3.39. The van der Waals surface area contributed by atoms with Crippen molar-refractivity contribution in [1.29, 1.82) is 0 Å². The molecule has 0 bridgehead atoms. The Hall–Kier alpha value is -0.870. The Morgan fingerprint density at radius 1 is 1.60 bits per heavy atom. The molecule has 1 aliphatic heterocycles. The van der Waals surface area contributed by atoms with Crippen LogP contribution in [0.1, 0.15) is 28.9 Å². The first-order valence-electron chi connectivity index (χ1n) is 5.18. The molecule has 0 saturated carbocycles. The van der Waals surface area contributed by atoms with Gasteiger partial charge in [-0.05, 0) is 30.7 Å². The van der Waals surface area contributed by atoms with Gasteiger partial charge in [0.1, 0.15) is 11.5 Å². The third-order valence-corrected chi connectivity index (χ3v) is 3.25. The fourth-order valence-corrected chi connectivity index (χ4v) is 2.19. The van der Waals surface area contributed by atoms with E-state index in [4.69, 9.17) is 9.47 Å². The van der Waals surface area contributed by atoms with Crippen LogP contribution in [0.3, 0.4) is 0 Å². The number of hydrogen-bond acceptors (Lipinski definition) is 4. The van der Waals surface area contributed by atoms with Gasteiger partial charge in [-0.1, -0.05) is 6.07 Å². The maximum atomic E-state index is 11.5. The van der Waals surface area contributed by atoms with E-state index in [1.807, 2.05) is 11.4 Å². The van der Waals surface area contributed by atoms with Crippen LogP contribution in [0.4, 0.5) is 0 Å². The van der Waals surface area contributed by atoms with E-state index in [0.29, 0.717) is 11.5 Å². The average Bonchev–Trinajstić information content (AvgIpc) is 2.81. The molecule has 1 saturated heterocycles. The highest BCUT2D eigenvalue weighted by atomic mass is 32.1. The Bertz CT molecular complexity index is 302. The number of carbonyl (C=O) groups excluding carboxylic acids is 1. The van der Waals surface area contributed by atoms with E-state index in [9.17, 15) is 4.79 Å². The monoisotopic (exact) mass is 226 g/mol. The predicted octanol–water partition coefficient (Wildman–Crippen LogP) is 2.47. The van der Waals surface area contributed by atoms with Crippen LogP contribution in [0.2, 0.25) is 0 Å².